The first kappa shape index (κ1) is 23.2. The number of rotatable bonds is 9. The van der Waals surface area contributed by atoms with Crippen molar-refractivity contribution in [3.63, 3.8) is 0 Å². The van der Waals surface area contributed by atoms with Gasteiger partial charge in [0.05, 0.1) is 11.9 Å². The van der Waals surface area contributed by atoms with Gasteiger partial charge in [0.2, 0.25) is 15.9 Å². The van der Waals surface area contributed by atoms with E-state index in [-0.39, 0.29) is 18.9 Å². The molecule has 1 amide bonds. The Morgan fingerprint density at radius 2 is 1.58 bits per heavy atom. The van der Waals surface area contributed by atoms with Gasteiger partial charge in [-0.15, -0.1) is 0 Å². The topological polar surface area (TPSA) is 79.4 Å². The molecule has 0 spiro atoms. The van der Waals surface area contributed by atoms with Gasteiger partial charge in [-0.1, -0.05) is 12.1 Å². The molecule has 0 aliphatic heterocycles. The van der Waals surface area contributed by atoms with E-state index in [1.807, 2.05) is 48.5 Å². The lowest BCUT2D eigenvalue weighted by molar-refractivity contribution is -0.116. The SMILES string of the molecule is CS(=O)(=O)N(CCCC(=O)Nc1ccc(Cc2ccncc2)cc1)c1ccc(I)cc1. The first-order chi connectivity index (χ1) is 14.8. The van der Waals surface area contributed by atoms with E-state index < -0.39 is 10.0 Å². The van der Waals surface area contributed by atoms with Crippen LogP contribution >= 0.6 is 22.6 Å². The van der Waals surface area contributed by atoms with Gasteiger partial charge in [-0.25, -0.2) is 8.42 Å². The zero-order valence-corrected chi connectivity index (χ0v) is 20.1. The molecular formula is C23H24IN3O3S. The third-order valence-electron chi connectivity index (χ3n) is 4.68. The third kappa shape index (κ3) is 7.32. The minimum atomic E-state index is -3.42. The second kappa shape index (κ2) is 10.7. The van der Waals surface area contributed by atoms with E-state index in [0.29, 0.717) is 12.1 Å². The molecule has 0 atom stereocenters. The maximum absolute atomic E-state index is 12.3. The van der Waals surface area contributed by atoms with Crippen molar-refractivity contribution in [2.45, 2.75) is 19.3 Å². The highest BCUT2D eigenvalue weighted by Crippen LogP contribution is 2.20. The molecule has 3 rings (SSSR count). The summed E-state index contributed by atoms with van der Waals surface area (Å²) in [6, 6.07) is 18.9. The van der Waals surface area contributed by atoms with E-state index in [2.05, 4.69) is 32.9 Å². The van der Waals surface area contributed by atoms with Crippen molar-refractivity contribution in [1.29, 1.82) is 0 Å². The molecule has 0 aliphatic carbocycles. The molecule has 1 aromatic heterocycles. The first-order valence-corrected chi connectivity index (χ1v) is 12.7. The van der Waals surface area contributed by atoms with Crippen LogP contribution < -0.4 is 9.62 Å². The van der Waals surface area contributed by atoms with Crippen LogP contribution in [0, 0.1) is 3.57 Å². The van der Waals surface area contributed by atoms with E-state index in [1.54, 1.807) is 24.5 Å². The number of hydrogen-bond acceptors (Lipinski definition) is 4. The zero-order chi connectivity index (χ0) is 22.3. The van der Waals surface area contributed by atoms with Gasteiger partial charge in [0.25, 0.3) is 0 Å². The van der Waals surface area contributed by atoms with Gasteiger partial charge >= 0.3 is 0 Å². The second-order valence-electron chi connectivity index (χ2n) is 7.19. The van der Waals surface area contributed by atoms with Crippen LogP contribution in [-0.2, 0) is 21.2 Å². The van der Waals surface area contributed by atoms with Crippen LogP contribution in [-0.4, -0.2) is 32.1 Å². The molecule has 0 saturated carbocycles. The highest BCUT2D eigenvalue weighted by molar-refractivity contribution is 14.1. The average molecular weight is 549 g/mol. The van der Waals surface area contributed by atoms with Crippen LogP contribution in [0.15, 0.2) is 73.1 Å². The fourth-order valence-electron chi connectivity index (χ4n) is 3.14. The maximum Gasteiger partial charge on any atom is 0.232 e. The Balaban J connectivity index is 1.51. The molecule has 0 bridgehead atoms. The molecule has 8 heteroatoms. The molecule has 1 heterocycles. The molecule has 31 heavy (non-hydrogen) atoms. The predicted molar refractivity (Wildman–Crippen MR) is 133 cm³/mol. The number of carbonyl (C=O) groups is 1. The van der Waals surface area contributed by atoms with Crippen molar-refractivity contribution in [2.24, 2.45) is 0 Å². The van der Waals surface area contributed by atoms with Gasteiger partial charge in [-0.3, -0.25) is 14.1 Å². The molecule has 3 aromatic rings. The summed E-state index contributed by atoms with van der Waals surface area (Å²) < 4.78 is 26.7. The Kier molecular flexibility index (Phi) is 8.03. The summed E-state index contributed by atoms with van der Waals surface area (Å²) in [6.07, 6.45) is 6.18. The number of nitrogens with one attached hydrogen (secondary N) is 1. The fraction of sp³-hybridized carbons (Fsp3) is 0.217. The summed E-state index contributed by atoms with van der Waals surface area (Å²) in [7, 11) is -3.42. The Bertz CT molecular complexity index is 1100. The number of carbonyl (C=O) groups excluding carboxylic acids is 1. The lowest BCUT2D eigenvalue weighted by Crippen LogP contribution is -2.31. The molecule has 0 aliphatic rings. The van der Waals surface area contributed by atoms with Crippen LogP contribution in [0.5, 0.6) is 0 Å². The smallest absolute Gasteiger partial charge is 0.232 e. The monoisotopic (exact) mass is 549 g/mol. The first-order valence-electron chi connectivity index (χ1n) is 9.82. The molecule has 6 nitrogen and oxygen atoms in total. The van der Waals surface area contributed by atoms with Gasteiger partial charge in [0, 0.05) is 34.6 Å². The summed E-state index contributed by atoms with van der Waals surface area (Å²) in [5, 5.41) is 2.87. The minimum Gasteiger partial charge on any atom is -0.326 e. The van der Waals surface area contributed by atoms with Crippen LogP contribution in [0.3, 0.4) is 0 Å². The summed E-state index contributed by atoms with van der Waals surface area (Å²) in [4.78, 5) is 16.3. The standard InChI is InChI=1S/C23H24IN3O3S/c1-31(29,30)27(22-10-6-20(24)7-11-22)16-2-3-23(28)26-21-8-4-18(5-9-21)17-19-12-14-25-15-13-19/h4-15H,2-3,16-17H2,1H3,(H,26,28). The Morgan fingerprint density at radius 3 is 2.19 bits per heavy atom. The lowest BCUT2D eigenvalue weighted by atomic mass is 10.1. The third-order valence-corrected chi connectivity index (χ3v) is 6.59. The van der Waals surface area contributed by atoms with Gasteiger partial charge in [0.1, 0.15) is 0 Å². The van der Waals surface area contributed by atoms with Crippen LogP contribution in [0.2, 0.25) is 0 Å². The van der Waals surface area contributed by atoms with Gasteiger partial charge in [-0.2, -0.15) is 0 Å². The number of sulfonamides is 1. The van der Waals surface area contributed by atoms with E-state index in [1.165, 1.54) is 16.1 Å². The van der Waals surface area contributed by atoms with Crippen molar-refractivity contribution in [2.75, 3.05) is 22.4 Å². The average Bonchev–Trinajstić information content (AvgIpc) is 2.73. The summed E-state index contributed by atoms with van der Waals surface area (Å²) in [5.74, 6) is -0.141. The largest absolute Gasteiger partial charge is 0.326 e. The van der Waals surface area contributed by atoms with Crippen molar-refractivity contribution < 1.29 is 13.2 Å². The van der Waals surface area contributed by atoms with Crippen molar-refractivity contribution in [3.05, 3.63) is 87.8 Å². The highest BCUT2D eigenvalue weighted by Gasteiger charge is 2.17. The molecular weight excluding hydrogens is 525 g/mol. The molecule has 0 saturated heterocycles. The Morgan fingerprint density at radius 1 is 0.968 bits per heavy atom. The van der Waals surface area contributed by atoms with Gasteiger partial charge in [0.15, 0.2) is 0 Å². The summed E-state index contributed by atoms with van der Waals surface area (Å²) in [5.41, 5.74) is 3.65. The zero-order valence-electron chi connectivity index (χ0n) is 17.2. The molecule has 2 aromatic carbocycles. The molecule has 0 fully saturated rings. The Labute approximate surface area is 196 Å². The summed E-state index contributed by atoms with van der Waals surface area (Å²) >= 11 is 2.17. The van der Waals surface area contributed by atoms with Crippen molar-refractivity contribution in [3.8, 4) is 0 Å². The quantitative estimate of drug-likeness (QED) is 0.400. The number of hydrogen-bond donors (Lipinski definition) is 1. The molecule has 0 unspecified atom stereocenters. The van der Waals surface area contributed by atoms with Crippen molar-refractivity contribution in [1.82, 2.24) is 4.98 Å². The van der Waals surface area contributed by atoms with E-state index >= 15 is 0 Å². The number of pyridine rings is 1. The number of aromatic nitrogens is 1. The number of halogens is 1. The molecule has 0 radical (unpaired) electrons. The van der Waals surface area contributed by atoms with Gasteiger partial charge in [-0.05, 0) is 95.1 Å². The van der Waals surface area contributed by atoms with Gasteiger partial charge < -0.3 is 5.32 Å². The number of amides is 1. The fourth-order valence-corrected chi connectivity index (χ4v) is 4.47. The van der Waals surface area contributed by atoms with Crippen LogP contribution in [0.4, 0.5) is 11.4 Å². The van der Waals surface area contributed by atoms with E-state index in [4.69, 9.17) is 0 Å². The molecule has 162 valence electrons. The lowest BCUT2D eigenvalue weighted by Gasteiger charge is -2.22. The van der Waals surface area contributed by atoms with E-state index in [0.717, 1.165) is 21.2 Å². The highest BCUT2D eigenvalue weighted by atomic mass is 127. The predicted octanol–water partition coefficient (Wildman–Crippen LogP) is 4.46. The van der Waals surface area contributed by atoms with Crippen LogP contribution in [0.25, 0.3) is 0 Å². The summed E-state index contributed by atoms with van der Waals surface area (Å²) in [6.45, 7) is 0.248. The molecule has 1 N–H and O–H groups in total. The normalized spacial score (nSPS) is 11.2. The van der Waals surface area contributed by atoms with E-state index in [9.17, 15) is 13.2 Å². The number of nitrogens with zero attached hydrogens (tertiary/aromatic N) is 2. The van der Waals surface area contributed by atoms with Crippen molar-refractivity contribution >= 4 is 49.9 Å². The van der Waals surface area contributed by atoms with Crippen LogP contribution in [0.1, 0.15) is 24.0 Å². The number of anilines is 2. The Hall–Kier alpha value is -2.46. The minimum absolute atomic E-state index is 0.141. The number of benzene rings is 2. The maximum atomic E-state index is 12.3. The second-order valence-corrected chi connectivity index (χ2v) is 10.3.